The maximum Gasteiger partial charge on any atom is 0.221 e. The van der Waals surface area contributed by atoms with Crippen molar-refractivity contribution in [3.63, 3.8) is 0 Å². The Morgan fingerprint density at radius 2 is 2.30 bits per heavy atom. The number of likely N-dealkylation sites (tertiary alicyclic amines) is 1. The van der Waals surface area contributed by atoms with Gasteiger partial charge >= 0.3 is 0 Å². The summed E-state index contributed by atoms with van der Waals surface area (Å²) in [5.74, 6) is 0.599. The number of nitrogens with two attached hydrogens (primary N) is 1. The number of aromatic nitrogens is 2. The van der Waals surface area contributed by atoms with Crippen molar-refractivity contribution in [2.24, 2.45) is 11.7 Å². The lowest BCUT2D eigenvalue weighted by Gasteiger charge is -2.31. The molecule has 0 radical (unpaired) electrons. The highest BCUT2D eigenvalue weighted by molar-refractivity contribution is 7.99. The molecule has 23 heavy (non-hydrogen) atoms. The summed E-state index contributed by atoms with van der Waals surface area (Å²) in [4.78, 5) is 18.5. The molecule has 2 N–H and O–H groups in total. The topological polar surface area (TPSA) is 64.2 Å². The van der Waals surface area contributed by atoms with Crippen LogP contribution in [-0.4, -0.2) is 39.2 Å². The second-order valence-electron chi connectivity index (χ2n) is 5.87. The highest BCUT2D eigenvalue weighted by Crippen LogP contribution is 2.26. The Kier molecular flexibility index (Phi) is 5.03. The number of hydrogen-bond donors (Lipinski definition) is 1. The molecule has 1 aromatic carbocycles. The fourth-order valence-corrected chi connectivity index (χ4v) is 3.79. The number of nitrogens with zero attached hydrogens (tertiary/aromatic N) is 3. The normalized spacial score (nSPS) is 19.0. The number of carbonyl (C=O) groups excluding carboxylic acids is 1. The monoisotopic (exact) mass is 330 g/mol. The molecule has 0 saturated carbocycles. The molecule has 1 aliphatic rings. The minimum atomic E-state index is -0.188. The van der Waals surface area contributed by atoms with Crippen LogP contribution in [0, 0.1) is 5.92 Å². The van der Waals surface area contributed by atoms with Crippen molar-refractivity contribution in [2.75, 3.05) is 18.8 Å². The molecule has 1 fully saturated rings. The van der Waals surface area contributed by atoms with Crippen molar-refractivity contribution in [3.8, 4) is 0 Å². The first-order valence-electron chi connectivity index (χ1n) is 7.89. The predicted molar refractivity (Wildman–Crippen MR) is 94.1 cm³/mol. The number of rotatable bonds is 6. The molecule has 6 heteroatoms. The molecule has 3 rings (SSSR count). The Bertz CT molecular complexity index is 712. The number of fused-ring (bicyclic) bond motifs is 1. The molecule has 1 amide bonds. The number of piperidine rings is 1. The Labute approximate surface area is 140 Å². The summed E-state index contributed by atoms with van der Waals surface area (Å²) in [6, 6.07) is 8.17. The fraction of sp³-hybridized carbons (Fsp3) is 0.412. The van der Waals surface area contributed by atoms with Crippen LogP contribution in [0.1, 0.15) is 12.8 Å². The van der Waals surface area contributed by atoms with E-state index in [1.807, 2.05) is 24.3 Å². The van der Waals surface area contributed by atoms with E-state index in [4.69, 9.17) is 10.7 Å². The molecule has 1 unspecified atom stereocenters. The van der Waals surface area contributed by atoms with Gasteiger partial charge in [-0.1, -0.05) is 30.0 Å². The van der Waals surface area contributed by atoms with Crippen LogP contribution in [-0.2, 0) is 11.5 Å². The summed E-state index contributed by atoms with van der Waals surface area (Å²) < 4.78 is 2.23. The Balaban J connectivity index is 1.85. The van der Waals surface area contributed by atoms with Crippen molar-refractivity contribution in [2.45, 2.75) is 24.7 Å². The smallest absolute Gasteiger partial charge is 0.221 e. The van der Waals surface area contributed by atoms with Crippen molar-refractivity contribution in [3.05, 3.63) is 36.9 Å². The zero-order valence-electron chi connectivity index (χ0n) is 13.1. The van der Waals surface area contributed by atoms with Crippen LogP contribution < -0.4 is 5.73 Å². The Morgan fingerprint density at radius 1 is 1.48 bits per heavy atom. The Morgan fingerprint density at radius 3 is 3.09 bits per heavy atom. The average Bonchev–Trinajstić information content (AvgIpc) is 2.91. The summed E-state index contributed by atoms with van der Waals surface area (Å²) in [6.07, 6.45) is 3.79. The molecular formula is C17H22N4OS. The van der Waals surface area contributed by atoms with Gasteiger partial charge in [-0.2, -0.15) is 0 Å². The van der Waals surface area contributed by atoms with E-state index < -0.39 is 0 Å². The lowest BCUT2D eigenvalue weighted by atomic mass is 9.98. The van der Waals surface area contributed by atoms with E-state index >= 15 is 0 Å². The van der Waals surface area contributed by atoms with Gasteiger partial charge in [-0.3, -0.25) is 9.69 Å². The third kappa shape index (κ3) is 3.59. The van der Waals surface area contributed by atoms with Gasteiger partial charge in [-0.25, -0.2) is 4.98 Å². The van der Waals surface area contributed by atoms with Crippen LogP contribution >= 0.6 is 11.8 Å². The van der Waals surface area contributed by atoms with Crippen molar-refractivity contribution in [1.82, 2.24) is 14.5 Å². The maximum absolute atomic E-state index is 11.5. The van der Waals surface area contributed by atoms with Crippen LogP contribution in [0.15, 0.2) is 42.1 Å². The fourth-order valence-electron chi connectivity index (χ4n) is 3.05. The van der Waals surface area contributed by atoms with E-state index in [2.05, 4.69) is 22.1 Å². The Hall–Kier alpha value is -1.79. The molecule has 0 bridgehead atoms. The first kappa shape index (κ1) is 16.1. The summed E-state index contributed by atoms with van der Waals surface area (Å²) in [6.45, 7) is 6.24. The number of thioether (sulfide) groups is 1. The van der Waals surface area contributed by atoms with Crippen LogP contribution in [0.4, 0.5) is 0 Å². The number of primary amides is 1. The number of para-hydroxylation sites is 2. The second kappa shape index (κ2) is 7.19. The molecule has 0 spiro atoms. The highest BCUT2D eigenvalue weighted by atomic mass is 32.2. The minimum Gasteiger partial charge on any atom is -0.369 e. The van der Waals surface area contributed by atoms with Crippen molar-refractivity contribution in [1.29, 1.82) is 0 Å². The van der Waals surface area contributed by atoms with Crippen LogP contribution in [0.3, 0.4) is 0 Å². The van der Waals surface area contributed by atoms with Gasteiger partial charge in [0.1, 0.15) is 0 Å². The van der Waals surface area contributed by atoms with E-state index in [0.29, 0.717) is 0 Å². The zero-order valence-corrected chi connectivity index (χ0v) is 14.0. The number of benzene rings is 1. The number of amides is 1. The predicted octanol–water partition coefficient (Wildman–Crippen LogP) is 2.47. The SMILES string of the molecule is C=CCSc1nc2ccccc2n1CN1CCCC(C(N)=O)C1. The van der Waals surface area contributed by atoms with Gasteiger partial charge in [-0.15, -0.1) is 6.58 Å². The van der Waals surface area contributed by atoms with Crippen molar-refractivity contribution >= 4 is 28.7 Å². The summed E-state index contributed by atoms with van der Waals surface area (Å²) >= 11 is 1.68. The third-order valence-corrected chi connectivity index (χ3v) is 5.17. The van der Waals surface area contributed by atoms with E-state index in [-0.39, 0.29) is 11.8 Å². The van der Waals surface area contributed by atoms with Crippen LogP contribution in [0.5, 0.6) is 0 Å². The third-order valence-electron chi connectivity index (χ3n) is 4.20. The van der Waals surface area contributed by atoms with Gasteiger partial charge < -0.3 is 10.3 Å². The first-order valence-corrected chi connectivity index (χ1v) is 8.88. The molecule has 2 aromatic rings. The van der Waals surface area contributed by atoms with E-state index in [1.165, 1.54) is 0 Å². The largest absolute Gasteiger partial charge is 0.369 e. The van der Waals surface area contributed by atoms with Crippen molar-refractivity contribution < 1.29 is 4.79 Å². The molecule has 1 saturated heterocycles. The molecule has 122 valence electrons. The molecule has 0 aliphatic carbocycles. The average molecular weight is 330 g/mol. The van der Waals surface area contributed by atoms with Crippen LogP contribution in [0.2, 0.25) is 0 Å². The quantitative estimate of drug-likeness (QED) is 0.653. The summed E-state index contributed by atoms with van der Waals surface area (Å²) in [5.41, 5.74) is 7.62. The maximum atomic E-state index is 11.5. The molecule has 1 atom stereocenters. The van der Waals surface area contributed by atoms with Gasteiger partial charge in [-0.05, 0) is 31.5 Å². The molecular weight excluding hydrogens is 308 g/mol. The summed E-state index contributed by atoms with van der Waals surface area (Å²) in [5, 5.41) is 0.993. The molecule has 2 heterocycles. The zero-order chi connectivity index (χ0) is 16.2. The standard InChI is InChI=1S/C17H22N4OS/c1-2-10-23-17-19-14-7-3-4-8-15(14)21(17)12-20-9-5-6-13(11-20)16(18)22/h2-4,7-8,13H,1,5-6,9-12H2,(H2,18,22). The van der Waals surface area contributed by atoms with E-state index in [9.17, 15) is 4.79 Å². The van der Waals surface area contributed by atoms with Gasteiger partial charge in [0.25, 0.3) is 0 Å². The van der Waals surface area contributed by atoms with E-state index in [1.54, 1.807) is 11.8 Å². The van der Waals surface area contributed by atoms with Crippen LogP contribution in [0.25, 0.3) is 11.0 Å². The van der Waals surface area contributed by atoms with Gasteiger partial charge in [0, 0.05) is 12.3 Å². The van der Waals surface area contributed by atoms with E-state index in [0.717, 1.165) is 54.5 Å². The first-order chi connectivity index (χ1) is 11.2. The lowest BCUT2D eigenvalue weighted by Crippen LogP contribution is -2.41. The minimum absolute atomic E-state index is 0.0391. The molecule has 5 nitrogen and oxygen atoms in total. The second-order valence-corrected chi connectivity index (χ2v) is 6.86. The number of hydrogen-bond acceptors (Lipinski definition) is 4. The van der Waals surface area contributed by atoms with Gasteiger partial charge in [0.15, 0.2) is 5.16 Å². The molecule has 1 aliphatic heterocycles. The number of carbonyl (C=O) groups is 1. The van der Waals surface area contributed by atoms with Gasteiger partial charge in [0.05, 0.1) is 23.6 Å². The number of imidazole rings is 1. The lowest BCUT2D eigenvalue weighted by molar-refractivity contribution is -0.123. The molecule has 1 aromatic heterocycles. The summed E-state index contributed by atoms with van der Waals surface area (Å²) in [7, 11) is 0. The van der Waals surface area contributed by atoms with Gasteiger partial charge in [0.2, 0.25) is 5.91 Å². The highest BCUT2D eigenvalue weighted by Gasteiger charge is 2.25.